The van der Waals surface area contributed by atoms with Crippen LogP contribution < -0.4 is 0 Å². The van der Waals surface area contributed by atoms with Gasteiger partial charge in [-0.25, -0.2) is 8.42 Å². The summed E-state index contributed by atoms with van der Waals surface area (Å²) in [6, 6.07) is 6.61. The van der Waals surface area contributed by atoms with Crippen molar-refractivity contribution in [3.63, 3.8) is 0 Å². The van der Waals surface area contributed by atoms with Crippen LogP contribution in [0.3, 0.4) is 0 Å². The number of carbonyl (C=O) groups is 1. The van der Waals surface area contributed by atoms with Crippen LogP contribution in [0.15, 0.2) is 41.3 Å². The number of sulfonamides is 1. The zero-order valence-corrected chi connectivity index (χ0v) is 15.9. The number of nitrogens with zero attached hydrogens (tertiary/aromatic N) is 1. The third-order valence-corrected chi connectivity index (χ3v) is 7.00. The minimum Gasteiger partial charge on any atom is -0.465 e. The molecule has 0 saturated carbocycles. The van der Waals surface area contributed by atoms with Crippen LogP contribution in [0.1, 0.15) is 44.1 Å². The third kappa shape index (κ3) is 4.95. The molecule has 1 fully saturated rings. The van der Waals surface area contributed by atoms with Crippen LogP contribution in [0.5, 0.6) is 0 Å². The van der Waals surface area contributed by atoms with Gasteiger partial charge in [0.25, 0.3) is 0 Å². The minimum absolute atomic E-state index is 0.173. The van der Waals surface area contributed by atoms with E-state index >= 15 is 0 Å². The van der Waals surface area contributed by atoms with Crippen LogP contribution in [-0.2, 0) is 26.0 Å². The molecule has 142 valence electrons. The maximum atomic E-state index is 12.6. The molecular weight excluding hydrogens is 350 g/mol. The number of ether oxygens (including phenoxy) is 1. The second-order valence-electron chi connectivity index (χ2n) is 7.12. The molecule has 0 amide bonds. The molecule has 0 radical (unpaired) electrons. The molecule has 3 rings (SSSR count). The summed E-state index contributed by atoms with van der Waals surface area (Å²) in [7, 11) is -3.42. The summed E-state index contributed by atoms with van der Waals surface area (Å²) in [5.41, 5.74) is 0.774. The number of benzene rings is 1. The monoisotopic (exact) mass is 377 g/mol. The Bertz CT molecular complexity index is 734. The first-order chi connectivity index (χ1) is 12.6. The maximum Gasteiger partial charge on any atom is 0.310 e. The molecule has 2 aliphatic rings. The molecule has 5 nitrogen and oxygen atoms in total. The van der Waals surface area contributed by atoms with E-state index in [0.29, 0.717) is 30.5 Å². The predicted octanol–water partition coefficient (Wildman–Crippen LogP) is 3.30. The van der Waals surface area contributed by atoms with Gasteiger partial charge in [0.2, 0.25) is 10.0 Å². The third-order valence-electron chi connectivity index (χ3n) is 5.08. The van der Waals surface area contributed by atoms with E-state index in [9.17, 15) is 13.2 Å². The molecule has 1 aromatic rings. The molecule has 1 aliphatic carbocycles. The van der Waals surface area contributed by atoms with Gasteiger partial charge in [0.15, 0.2) is 0 Å². The van der Waals surface area contributed by atoms with Gasteiger partial charge in [-0.3, -0.25) is 4.79 Å². The second kappa shape index (κ2) is 8.82. The topological polar surface area (TPSA) is 63.7 Å². The molecule has 6 heteroatoms. The first kappa shape index (κ1) is 19.1. The van der Waals surface area contributed by atoms with Crippen molar-refractivity contribution in [2.75, 3.05) is 19.7 Å². The molecular formula is C20H27NO4S. The molecule has 0 N–H and O–H groups in total. The number of hydrogen-bond acceptors (Lipinski definition) is 4. The fourth-order valence-corrected chi connectivity index (χ4v) is 4.99. The maximum absolute atomic E-state index is 12.6. The van der Waals surface area contributed by atoms with Crippen molar-refractivity contribution in [2.24, 2.45) is 5.92 Å². The van der Waals surface area contributed by atoms with Crippen molar-refractivity contribution in [3.05, 3.63) is 42.0 Å². The molecule has 1 aliphatic heterocycles. The highest BCUT2D eigenvalue weighted by molar-refractivity contribution is 7.89. The van der Waals surface area contributed by atoms with E-state index < -0.39 is 10.0 Å². The van der Waals surface area contributed by atoms with Gasteiger partial charge in [-0.15, -0.1) is 0 Å². The lowest BCUT2D eigenvalue weighted by Crippen LogP contribution is -2.35. The first-order valence-corrected chi connectivity index (χ1v) is 10.9. The SMILES string of the molecule is O=C(Cc1ccc(S(=O)(=O)N2CCCCC2)cc1)OCC1CC=CCC1. The highest BCUT2D eigenvalue weighted by atomic mass is 32.2. The lowest BCUT2D eigenvalue weighted by molar-refractivity contribution is -0.144. The van der Waals surface area contributed by atoms with Crippen molar-refractivity contribution in [2.45, 2.75) is 49.8 Å². The zero-order chi connectivity index (χ0) is 18.4. The molecule has 0 spiro atoms. The summed E-state index contributed by atoms with van der Waals surface area (Å²) in [6.45, 7) is 1.64. The molecule has 1 unspecified atom stereocenters. The van der Waals surface area contributed by atoms with Crippen LogP contribution in [0.4, 0.5) is 0 Å². The average molecular weight is 378 g/mol. The van der Waals surface area contributed by atoms with Crippen LogP contribution in [-0.4, -0.2) is 38.4 Å². The van der Waals surface area contributed by atoms with Gasteiger partial charge >= 0.3 is 5.97 Å². The molecule has 1 saturated heterocycles. The zero-order valence-electron chi connectivity index (χ0n) is 15.1. The van der Waals surface area contributed by atoms with Gasteiger partial charge in [0.1, 0.15) is 0 Å². The van der Waals surface area contributed by atoms with Gasteiger partial charge in [0, 0.05) is 13.1 Å². The first-order valence-electron chi connectivity index (χ1n) is 9.45. The summed E-state index contributed by atoms with van der Waals surface area (Å²) < 4.78 is 32.2. The number of rotatable bonds is 6. The number of carbonyl (C=O) groups excluding carboxylic acids is 1. The Hall–Kier alpha value is -1.66. The normalized spacial score (nSPS) is 21.5. The second-order valence-corrected chi connectivity index (χ2v) is 9.06. The summed E-state index contributed by atoms with van der Waals surface area (Å²) in [6.07, 6.45) is 10.5. The Morgan fingerprint density at radius 3 is 2.46 bits per heavy atom. The summed E-state index contributed by atoms with van der Waals surface area (Å²) in [5.74, 6) is 0.159. The van der Waals surface area contributed by atoms with Crippen LogP contribution in [0, 0.1) is 5.92 Å². The molecule has 0 bridgehead atoms. The summed E-state index contributed by atoms with van der Waals surface area (Å²) in [5, 5.41) is 0. The number of esters is 1. The minimum atomic E-state index is -3.42. The molecule has 1 atom stereocenters. The van der Waals surface area contributed by atoms with Crippen LogP contribution in [0.25, 0.3) is 0 Å². The molecule has 26 heavy (non-hydrogen) atoms. The highest BCUT2D eigenvalue weighted by Gasteiger charge is 2.25. The number of piperidine rings is 1. The van der Waals surface area contributed by atoms with Gasteiger partial charge in [-0.05, 0) is 55.7 Å². The lowest BCUT2D eigenvalue weighted by Gasteiger charge is -2.25. The van der Waals surface area contributed by atoms with E-state index in [1.165, 1.54) is 0 Å². The van der Waals surface area contributed by atoms with Crippen LogP contribution >= 0.6 is 0 Å². The standard InChI is InChI=1S/C20H27NO4S/c22-20(25-16-18-7-3-1-4-8-18)15-17-9-11-19(12-10-17)26(23,24)21-13-5-2-6-14-21/h1,3,9-12,18H,2,4-8,13-16H2. The van der Waals surface area contributed by atoms with Gasteiger partial charge in [0.05, 0.1) is 17.9 Å². The van der Waals surface area contributed by atoms with Gasteiger partial charge in [-0.1, -0.05) is 30.7 Å². The Balaban J connectivity index is 1.53. The van der Waals surface area contributed by atoms with E-state index in [1.54, 1.807) is 28.6 Å². The summed E-state index contributed by atoms with van der Waals surface area (Å²) >= 11 is 0. The smallest absolute Gasteiger partial charge is 0.310 e. The van der Waals surface area contributed by atoms with Gasteiger partial charge in [-0.2, -0.15) is 4.31 Å². The van der Waals surface area contributed by atoms with Gasteiger partial charge < -0.3 is 4.74 Å². The largest absolute Gasteiger partial charge is 0.465 e. The number of allylic oxidation sites excluding steroid dienone is 2. The fourth-order valence-electron chi connectivity index (χ4n) is 3.47. The van der Waals surface area contributed by atoms with E-state index in [0.717, 1.165) is 44.1 Å². The fraction of sp³-hybridized carbons (Fsp3) is 0.550. The van der Waals surface area contributed by atoms with E-state index in [4.69, 9.17) is 4.74 Å². The Kier molecular flexibility index (Phi) is 6.48. The number of hydrogen-bond donors (Lipinski definition) is 0. The Morgan fingerprint density at radius 2 is 1.81 bits per heavy atom. The Morgan fingerprint density at radius 1 is 1.08 bits per heavy atom. The van der Waals surface area contributed by atoms with Crippen LogP contribution in [0.2, 0.25) is 0 Å². The average Bonchev–Trinajstić information content (AvgIpc) is 2.68. The highest BCUT2D eigenvalue weighted by Crippen LogP contribution is 2.21. The quantitative estimate of drug-likeness (QED) is 0.564. The molecule has 1 aromatic carbocycles. The van der Waals surface area contributed by atoms with Crippen molar-refractivity contribution < 1.29 is 17.9 Å². The summed E-state index contributed by atoms with van der Waals surface area (Å²) in [4.78, 5) is 12.3. The molecule has 1 heterocycles. The van der Waals surface area contributed by atoms with E-state index in [-0.39, 0.29) is 12.4 Å². The van der Waals surface area contributed by atoms with E-state index in [2.05, 4.69) is 12.2 Å². The Labute approximate surface area is 156 Å². The van der Waals surface area contributed by atoms with Crippen molar-refractivity contribution in [1.29, 1.82) is 0 Å². The van der Waals surface area contributed by atoms with Crippen molar-refractivity contribution in [1.82, 2.24) is 4.31 Å². The molecule has 0 aromatic heterocycles. The predicted molar refractivity (Wildman–Crippen MR) is 100 cm³/mol. The lowest BCUT2D eigenvalue weighted by atomic mass is 9.95. The van der Waals surface area contributed by atoms with E-state index in [1.807, 2.05) is 0 Å². The van der Waals surface area contributed by atoms with Crippen molar-refractivity contribution >= 4 is 16.0 Å². The van der Waals surface area contributed by atoms with Crippen molar-refractivity contribution in [3.8, 4) is 0 Å².